The van der Waals surface area contributed by atoms with Gasteiger partial charge in [0.05, 0.1) is 0 Å². The minimum atomic E-state index is -0.704. The molecule has 4 aliphatic heterocycles. The summed E-state index contributed by atoms with van der Waals surface area (Å²) in [5.41, 5.74) is 13.0. The third-order valence-electron chi connectivity index (χ3n) is 12.5. The minimum absolute atomic E-state index is 0. The van der Waals surface area contributed by atoms with Gasteiger partial charge in [-0.05, 0) is 24.3 Å². The fourth-order valence-electron chi connectivity index (χ4n) is 9.17. The number of aliphatic imine (C=N–C) groups is 4. The van der Waals surface area contributed by atoms with Gasteiger partial charge in [0.25, 0.3) is 0 Å². The molecule has 0 radical (unpaired) electrons. The maximum absolute atomic E-state index is 5.49. The van der Waals surface area contributed by atoms with Crippen molar-refractivity contribution in [1.29, 1.82) is 0 Å². The number of hydrogen-bond acceptors (Lipinski definition) is 10. The zero-order chi connectivity index (χ0) is 50.2. The Labute approximate surface area is 455 Å². The summed E-state index contributed by atoms with van der Waals surface area (Å²) in [5.74, 6) is 1.94. The van der Waals surface area contributed by atoms with Crippen molar-refractivity contribution in [3.63, 3.8) is 0 Å². The van der Waals surface area contributed by atoms with Gasteiger partial charge in [-0.2, -0.15) is 0 Å². The van der Waals surface area contributed by atoms with Crippen molar-refractivity contribution in [3.8, 4) is 22.3 Å². The Morgan fingerprint density at radius 2 is 0.605 bits per heavy atom. The van der Waals surface area contributed by atoms with Crippen LogP contribution in [0.4, 0.5) is 0 Å². The number of aromatic nitrogens is 5. The van der Waals surface area contributed by atoms with Crippen LogP contribution in [0, 0.1) is 0 Å². The van der Waals surface area contributed by atoms with E-state index < -0.39 is 12.3 Å². The van der Waals surface area contributed by atoms with E-state index in [1.54, 1.807) is 24.8 Å². The molecule has 8 bridgehead atoms. The van der Waals surface area contributed by atoms with Crippen LogP contribution in [0.1, 0.15) is 46.0 Å². The van der Waals surface area contributed by atoms with E-state index in [9.17, 15) is 0 Å². The average molecular weight is 1090 g/mol. The summed E-state index contributed by atoms with van der Waals surface area (Å²) in [6.45, 7) is 0. The third kappa shape index (κ3) is 10.3. The molecule has 12 nitrogen and oxygen atoms in total. The minimum Gasteiger partial charge on any atom is -0.265 e. The van der Waals surface area contributed by atoms with E-state index in [1.165, 1.54) is 0 Å². The molecule has 8 heterocycles. The van der Waals surface area contributed by atoms with Gasteiger partial charge < -0.3 is 0 Å². The second kappa shape index (κ2) is 23.0. The Balaban J connectivity index is 0.000000420. The van der Waals surface area contributed by atoms with E-state index in [2.05, 4.69) is 82.8 Å². The predicted molar refractivity (Wildman–Crippen MR) is 298 cm³/mol. The molecule has 0 N–H and O–H groups in total. The Bertz CT molecular complexity index is 3630. The van der Waals surface area contributed by atoms with Crippen LogP contribution in [0.5, 0.6) is 0 Å². The quantitative estimate of drug-likeness (QED) is 0.152. The molecule has 2 atom stereocenters. The van der Waals surface area contributed by atoms with Gasteiger partial charge in [0.15, 0.2) is 0 Å². The van der Waals surface area contributed by atoms with E-state index >= 15 is 0 Å². The largest absolute Gasteiger partial charge is 0.265 e. The zero-order valence-corrected chi connectivity index (χ0v) is 43.2. The molecule has 364 valence electrons. The van der Waals surface area contributed by atoms with Gasteiger partial charge in [-0.25, -0.2) is 0 Å². The van der Waals surface area contributed by atoms with Crippen LogP contribution in [0.2, 0.25) is 0 Å². The molecule has 0 saturated heterocycles. The molecule has 0 amide bonds. The first-order valence-electron chi connectivity index (χ1n) is 24.3. The Morgan fingerprint density at radius 3 is 0.895 bits per heavy atom. The monoisotopic (exact) mass is 1090 g/mol. The number of nitrogens with zero attached hydrogens (tertiary/aromatic N) is 12. The molecular formula is C62H42FeN12Se. The smallest absolute Gasteiger partial charge is 0.0267 e. The second-order valence-electron chi connectivity index (χ2n) is 17.2. The van der Waals surface area contributed by atoms with E-state index in [-0.39, 0.29) is 32.0 Å². The van der Waals surface area contributed by atoms with Gasteiger partial charge >= 0.3 is 351 Å². The Morgan fingerprint density at radius 1 is 0.316 bits per heavy atom. The first-order chi connectivity index (χ1) is 37.2. The number of pyridine rings is 2. The predicted octanol–water partition coefficient (Wildman–Crippen LogP) is 11.2. The van der Waals surface area contributed by atoms with Gasteiger partial charge in [-0.3, -0.25) is 9.97 Å². The van der Waals surface area contributed by atoms with Crippen LogP contribution in [0.3, 0.4) is 0 Å². The van der Waals surface area contributed by atoms with Crippen LogP contribution in [-0.2, 0) is 17.1 Å². The fourth-order valence-corrected chi connectivity index (χ4v) is 10.4. The van der Waals surface area contributed by atoms with Crippen LogP contribution in [0.25, 0.3) is 49.9 Å². The summed E-state index contributed by atoms with van der Waals surface area (Å²) in [6.07, 6.45) is 5.59. The van der Waals surface area contributed by atoms with Gasteiger partial charge in [0.2, 0.25) is 0 Å². The summed E-state index contributed by atoms with van der Waals surface area (Å²) >= 11 is -0.362. The second-order valence-corrected chi connectivity index (χ2v) is 18.3. The molecule has 4 aromatic heterocycles. The molecule has 10 aromatic rings. The van der Waals surface area contributed by atoms with Crippen LogP contribution >= 0.6 is 0 Å². The van der Waals surface area contributed by atoms with Crippen LogP contribution in [0.15, 0.2) is 273 Å². The van der Waals surface area contributed by atoms with Crippen molar-refractivity contribution in [2.45, 2.75) is 12.3 Å². The first-order valence-corrected chi connectivity index (χ1v) is 25.8. The fraction of sp³-hybridized carbons (Fsp3) is 0.0323. The maximum Gasteiger partial charge on any atom is 0.0267 e. The van der Waals surface area contributed by atoms with E-state index in [0.717, 1.165) is 66.8 Å². The van der Waals surface area contributed by atoms with Gasteiger partial charge in [-0.1, -0.05) is 48.5 Å². The summed E-state index contributed by atoms with van der Waals surface area (Å²) in [4.78, 5) is 45.3. The summed E-state index contributed by atoms with van der Waals surface area (Å²) < 4.78 is 9.78. The molecule has 0 spiro atoms. The van der Waals surface area contributed by atoms with Crippen LogP contribution in [-0.4, -0.2) is 56.2 Å². The van der Waals surface area contributed by atoms with E-state index in [1.807, 2.05) is 146 Å². The average Bonchev–Trinajstić information content (AvgIpc) is 4.34. The molecule has 0 aliphatic carbocycles. The summed E-state index contributed by atoms with van der Waals surface area (Å²) in [7, 11) is 0. The van der Waals surface area contributed by atoms with Crippen molar-refractivity contribution >= 4 is 60.6 Å². The van der Waals surface area contributed by atoms with E-state index in [0.29, 0.717) is 45.7 Å². The van der Waals surface area contributed by atoms with E-state index in [4.69, 9.17) is 48.2 Å². The number of benzene rings is 6. The third-order valence-corrected chi connectivity index (χ3v) is 13.6. The molecule has 0 fully saturated rings. The molecule has 76 heavy (non-hydrogen) atoms. The van der Waals surface area contributed by atoms with Gasteiger partial charge in [-0.15, -0.1) is 0 Å². The van der Waals surface area contributed by atoms with Crippen molar-refractivity contribution in [1.82, 2.24) is 22.9 Å². The van der Waals surface area contributed by atoms with Crippen LogP contribution < -0.4 is 16.0 Å². The Kier molecular flexibility index (Phi) is 14.9. The topological polar surface area (TPSA) is 154 Å². The number of amidine groups is 4. The van der Waals surface area contributed by atoms with Gasteiger partial charge in [0.1, 0.15) is 0 Å². The zero-order valence-electron chi connectivity index (χ0n) is 40.4. The first kappa shape index (κ1) is 49.2. The molecular weight excluding hydrogens is 1050 g/mol. The molecule has 0 saturated carbocycles. The number of hydrogen-bond donors (Lipinski definition) is 0. The molecule has 2 unspecified atom stereocenters. The van der Waals surface area contributed by atoms with Crippen molar-refractivity contribution in [3.05, 3.63) is 293 Å². The maximum atomic E-state index is 5.49. The Hall–Kier alpha value is -9.00. The van der Waals surface area contributed by atoms with Crippen molar-refractivity contribution in [2.75, 3.05) is 0 Å². The van der Waals surface area contributed by atoms with Crippen molar-refractivity contribution in [2.24, 2.45) is 30.0 Å². The molecule has 14 heteroatoms. The van der Waals surface area contributed by atoms with Gasteiger partial charge in [0, 0.05) is 24.8 Å². The summed E-state index contributed by atoms with van der Waals surface area (Å²) in [6, 6.07) is 72.8. The standard InChI is InChI=1S/C52H32N10Se.2C5H5N.Fe/c1-7-19-31(20-8-1)37-38(32-21-9-2-10-22-32)46-53-45(37)54-47-39(33-23-11-3-12-24-33)41(35-27-15-5-16-28-35)49(56-47)58-51-43-44(62-63-61-43)52(60-51)59-50-42(36-29-17-6-18-30-36)40(48(55-46)57-50)34-25-13-4-14-26-34;2*1-2-4-6-5-3-1;/h1-30,51-52H;2*1-5H;/q-2;;;+2. The summed E-state index contributed by atoms with van der Waals surface area (Å²) in [5, 5.41) is 5.22. The van der Waals surface area contributed by atoms with Crippen molar-refractivity contribution < 1.29 is 17.1 Å². The molecule has 14 rings (SSSR count). The number of rotatable bonds is 6. The normalized spacial score (nSPS) is 17.3. The number of fused-ring (bicyclic) bond motifs is 9. The molecule has 6 aromatic carbocycles. The SMILES string of the molecule is [Fe+2].c1ccc(C2=C(c3ccccc3)/C3=N/C4[N-]C(/N=C5\N=C(N=c6[n-]c(c(-c7ccccc7)c6-c6ccccc6)=NC2=N3)C(c2ccccc2)=C5c2ccccc2)c2n[se]nc24)cc1.c1ccncc1.c1ccncc1. The molecule has 4 aliphatic rings.